The lowest BCUT2D eigenvalue weighted by Gasteiger charge is -2.15. The summed E-state index contributed by atoms with van der Waals surface area (Å²) in [5.41, 5.74) is 0. The fraction of sp³-hybridized carbons (Fsp3) is 0.917. The molecule has 1 saturated carbocycles. The Morgan fingerprint density at radius 1 is 1.00 bits per heavy atom. The molecule has 0 aliphatic heterocycles. The van der Waals surface area contributed by atoms with Crippen LogP contribution in [0.5, 0.6) is 0 Å². The molecule has 2 heteroatoms. The first-order valence-electron chi connectivity index (χ1n) is 5.68. The van der Waals surface area contributed by atoms with Crippen molar-refractivity contribution in [2.75, 3.05) is 14.1 Å². The Hall–Kier alpha value is -0.370. The van der Waals surface area contributed by atoms with Gasteiger partial charge >= 0.3 is 0 Å². The molecule has 1 N–H and O–H groups in total. The Morgan fingerprint density at radius 2 is 1.29 bits per heavy atom. The molecule has 0 bridgehead atoms. The van der Waals surface area contributed by atoms with Crippen molar-refractivity contribution in [2.45, 2.75) is 52.9 Å². The van der Waals surface area contributed by atoms with E-state index in [-0.39, 0.29) is 0 Å². The second-order valence-corrected chi connectivity index (χ2v) is 3.24. The van der Waals surface area contributed by atoms with E-state index in [1.807, 2.05) is 34.7 Å². The van der Waals surface area contributed by atoms with Crippen molar-refractivity contribution in [3.63, 3.8) is 0 Å². The topological polar surface area (TPSA) is 29.1 Å². The van der Waals surface area contributed by atoms with Gasteiger partial charge < -0.3 is 10.1 Å². The van der Waals surface area contributed by atoms with Crippen LogP contribution in [0.4, 0.5) is 0 Å². The van der Waals surface area contributed by atoms with Crippen LogP contribution in [-0.4, -0.2) is 20.9 Å². The minimum Gasteiger partial charge on any atom is -0.323 e. The van der Waals surface area contributed by atoms with Crippen molar-refractivity contribution < 1.29 is 4.79 Å². The van der Waals surface area contributed by atoms with Crippen LogP contribution in [0.15, 0.2) is 0 Å². The van der Waals surface area contributed by atoms with Crippen LogP contribution < -0.4 is 5.32 Å². The Labute approximate surface area is 90.5 Å². The number of hydrogen-bond donors (Lipinski definition) is 1. The summed E-state index contributed by atoms with van der Waals surface area (Å²) in [7, 11) is 3.75. The van der Waals surface area contributed by atoms with Gasteiger partial charge in [0.05, 0.1) is 0 Å². The molecular formula is C12H29NO. The molecule has 0 aromatic rings. The molecule has 1 fully saturated rings. The summed E-state index contributed by atoms with van der Waals surface area (Å²) in [6, 6.07) is 0. The van der Waals surface area contributed by atoms with Crippen LogP contribution in [0.1, 0.15) is 52.9 Å². The third-order valence-corrected chi connectivity index (χ3v) is 1.89. The second-order valence-electron chi connectivity index (χ2n) is 3.24. The first kappa shape index (κ1) is 19.2. The van der Waals surface area contributed by atoms with Crippen molar-refractivity contribution in [3.05, 3.63) is 0 Å². The van der Waals surface area contributed by atoms with Gasteiger partial charge in [-0.2, -0.15) is 0 Å². The van der Waals surface area contributed by atoms with E-state index in [4.69, 9.17) is 4.79 Å². The van der Waals surface area contributed by atoms with Crippen LogP contribution in [-0.2, 0) is 4.79 Å². The quantitative estimate of drug-likeness (QED) is 0.654. The molecule has 0 amide bonds. The summed E-state index contributed by atoms with van der Waals surface area (Å²) in [6.07, 6.45) is 7.44. The van der Waals surface area contributed by atoms with Gasteiger partial charge in [0, 0.05) is 0 Å². The molecule has 14 heavy (non-hydrogen) atoms. The molecule has 0 radical (unpaired) electrons. The third-order valence-electron chi connectivity index (χ3n) is 1.89. The third kappa shape index (κ3) is 22.6. The summed E-state index contributed by atoms with van der Waals surface area (Å²) in [5.74, 6) is 1.04. The number of nitrogens with one attached hydrogen (secondary N) is 1. The molecule has 0 aromatic heterocycles. The van der Waals surface area contributed by atoms with E-state index in [2.05, 4.69) is 12.2 Å². The fourth-order valence-corrected chi connectivity index (χ4v) is 1.31. The van der Waals surface area contributed by atoms with Gasteiger partial charge in [0.15, 0.2) is 0 Å². The summed E-state index contributed by atoms with van der Waals surface area (Å²) in [6.45, 7) is 8.36. The first-order chi connectivity index (χ1) is 6.81. The van der Waals surface area contributed by atoms with E-state index in [0.29, 0.717) is 0 Å². The van der Waals surface area contributed by atoms with E-state index < -0.39 is 0 Å². The smallest absolute Gasteiger partial charge is 0.106 e. The number of hydrogen-bond acceptors (Lipinski definition) is 2. The van der Waals surface area contributed by atoms with Crippen LogP contribution in [0.3, 0.4) is 0 Å². The van der Waals surface area contributed by atoms with E-state index in [1.54, 1.807) is 0 Å². The number of rotatable bonds is 0. The van der Waals surface area contributed by atoms with E-state index in [9.17, 15) is 0 Å². The highest BCUT2D eigenvalue weighted by Gasteiger charge is 2.05. The molecule has 2 nitrogen and oxygen atoms in total. The van der Waals surface area contributed by atoms with Crippen LogP contribution in [0.2, 0.25) is 0 Å². The van der Waals surface area contributed by atoms with Crippen LogP contribution in [0, 0.1) is 5.92 Å². The van der Waals surface area contributed by atoms with Gasteiger partial charge in [-0.1, -0.05) is 52.9 Å². The molecule has 1 aliphatic rings. The van der Waals surface area contributed by atoms with Crippen molar-refractivity contribution in [2.24, 2.45) is 5.92 Å². The zero-order valence-corrected chi connectivity index (χ0v) is 10.7. The first-order valence-corrected chi connectivity index (χ1v) is 5.68. The van der Waals surface area contributed by atoms with Gasteiger partial charge in [0.2, 0.25) is 0 Å². The zero-order chi connectivity index (χ0) is 11.8. The van der Waals surface area contributed by atoms with Crippen molar-refractivity contribution in [1.29, 1.82) is 0 Å². The van der Waals surface area contributed by atoms with Gasteiger partial charge in [-0.05, 0) is 20.0 Å². The summed E-state index contributed by atoms with van der Waals surface area (Å²) >= 11 is 0. The van der Waals surface area contributed by atoms with Crippen molar-refractivity contribution in [1.82, 2.24) is 5.32 Å². The zero-order valence-electron chi connectivity index (χ0n) is 10.7. The number of carbonyl (C=O) groups is 1. The minimum absolute atomic E-state index is 1.04. The molecule has 0 atom stereocenters. The molecule has 0 saturated heterocycles. The summed E-state index contributed by atoms with van der Waals surface area (Å²) in [5, 5.41) is 2.75. The Kier molecular flexibility index (Phi) is 31.5. The minimum atomic E-state index is 1.04. The maximum Gasteiger partial charge on any atom is 0.106 e. The van der Waals surface area contributed by atoms with E-state index in [0.717, 1.165) is 5.92 Å². The second kappa shape index (κ2) is 22.9. The number of carbonyl (C=O) groups excluding carboxylic acids is 1. The van der Waals surface area contributed by atoms with Gasteiger partial charge in [-0.15, -0.1) is 0 Å². The van der Waals surface area contributed by atoms with E-state index in [1.165, 1.54) is 32.1 Å². The standard InChI is InChI=1S/C7H14.C2H7N.C2H6.CH2O/c1-7-5-3-2-4-6-7;1-3-2;2*1-2/h7H,2-6H2,1H3;3H,1-2H3;1-2H3;1H2. The lowest BCUT2D eigenvalue weighted by molar-refractivity contribution is -0.0979. The highest BCUT2D eigenvalue weighted by Crippen LogP contribution is 2.21. The lowest BCUT2D eigenvalue weighted by atomic mass is 9.91. The van der Waals surface area contributed by atoms with Crippen LogP contribution >= 0.6 is 0 Å². The van der Waals surface area contributed by atoms with Gasteiger partial charge in [-0.25, -0.2) is 0 Å². The molecule has 0 heterocycles. The largest absolute Gasteiger partial charge is 0.323 e. The summed E-state index contributed by atoms with van der Waals surface area (Å²) < 4.78 is 0. The highest BCUT2D eigenvalue weighted by atomic mass is 16.1. The van der Waals surface area contributed by atoms with Crippen molar-refractivity contribution in [3.8, 4) is 0 Å². The molecule has 0 aromatic carbocycles. The molecule has 1 rings (SSSR count). The molecular weight excluding hydrogens is 174 g/mol. The molecule has 0 unspecified atom stereocenters. The van der Waals surface area contributed by atoms with Crippen LogP contribution in [0.25, 0.3) is 0 Å². The normalized spacial score (nSPS) is 14.6. The lowest BCUT2D eigenvalue weighted by Crippen LogP contribution is -1.99. The van der Waals surface area contributed by atoms with E-state index >= 15 is 0 Å². The van der Waals surface area contributed by atoms with Gasteiger partial charge in [0.1, 0.15) is 6.79 Å². The summed E-state index contributed by atoms with van der Waals surface area (Å²) in [4.78, 5) is 8.00. The Morgan fingerprint density at radius 3 is 1.43 bits per heavy atom. The SMILES string of the molecule is C=O.CC.CC1CCCCC1.CNC. The fourth-order valence-electron chi connectivity index (χ4n) is 1.31. The van der Waals surface area contributed by atoms with Crippen molar-refractivity contribution >= 4 is 6.79 Å². The van der Waals surface area contributed by atoms with Gasteiger partial charge in [0.25, 0.3) is 0 Å². The highest BCUT2D eigenvalue weighted by molar-refractivity contribution is 5.10. The average Bonchev–Trinajstić information content (AvgIpc) is 2.26. The monoisotopic (exact) mass is 203 g/mol. The maximum absolute atomic E-state index is 8.00. The molecule has 0 spiro atoms. The maximum atomic E-state index is 8.00. The Balaban J connectivity index is -0.000000148. The predicted molar refractivity (Wildman–Crippen MR) is 65.7 cm³/mol. The molecule has 1 aliphatic carbocycles. The average molecular weight is 203 g/mol. The van der Waals surface area contributed by atoms with Gasteiger partial charge in [-0.3, -0.25) is 0 Å². The molecule has 88 valence electrons. The Bertz CT molecular complexity index is 70.7. The predicted octanol–water partition coefficient (Wildman–Crippen LogP) is 3.26.